The van der Waals surface area contributed by atoms with Crippen molar-refractivity contribution in [1.29, 1.82) is 0 Å². The molecule has 1 aromatic rings. The average molecular weight is 260 g/mol. The van der Waals surface area contributed by atoms with Gasteiger partial charge in [0.15, 0.2) is 0 Å². The molecule has 4 heteroatoms. The van der Waals surface area contributed by atoms with Crippen LogP contribution in [0.3, 0.4) is 0 Å². The van der Waals surface area contributed by atoms with E-state index in [1.165, 1.54) is 0 Å². The van der Waals surface area contributed by atoms with Gasteiger partial charge >= 0.3 is 0 Å². The highest BCUT2D eigenvalue weighted by molar-refractivity contribution is 5.82. The Hall–Kier alpha value is -1.55. The Morgan fingerprint density at radius 2 is 2.21 bits per heavy atom. The summed E-state index contributed by atoms with van der Waals surface area (Å²) in [5, 5.41) is 12.8. The van der Waals surface area contributed by atoms with E-state index in [2.05, 4.69) is 5.32 Å². The number of phenols is 1. The SMILES string of the molecule is O=C([C@H]1CCCN1)N(Cc1cccc(O)c1)C1CC1. The molecule has 3 rings (SSSR count). The van der Waals surface area contributed by atoms with Crippen molar-refractivity contribution >= 4 is 5.91 Å². The molecule has 0 spiro atoms. The summed E-state index contributed by atoms with van der Waals surface area (Å²) in [4.78, 5) is 14.5. The van der Waals surface area contributed by atoms with E-state index in [4.69, 9.17) is 0 Å². The maximum absolute atomic E-state index is 12.5. The van der Waals surface area contributed by atoms with Gasteiger partial charge in [0.2, 0.25) is 5.91 Å². The Morgan fingerprint density at radius 3 is 2.84 bits per heavy atom. The largest absolute Gasteiger partial charge is 0.508 e. The molecule has 1 amide bonds. The molecule has 1 aromatic carbocycles. The second-order valence-corrected chi connectivity index (χ2v) is 5.52. The van der Waals surface area contributed by atoms with E-state index in [0.717, 1.165) is 37.8 Å². The molecule has 0 aromatic heterocycles. The topological polar surface area (TPSA) is 52.6 Å². The molecule has 102 valence electrons. The summed E-state index contributed by atoms with van der Waals surface area (Å²) < 4.78 is 0. The lowest BCUT2D eigenvalue weighted by Crippen LogP contribution is -2.44. The minimum absolute atomic E-state index is 0.00194. The molecule has 1 saturated heterocycles. The normalized spacial score (nSPS) is 22.4. The molecule has 1 heterocycles. The standard InChI is InChI=1S/C15H20N2O2/c18-13-4-1-3-11(9-13)10-17(12-6-7-12)15(19)14-5-2-8-16-14/h1,3-4,9,12,14,16,18H,2,5-8,10H2/t14-/m1/s1. The first-order chi connectivity index (χ1) is 9.24. The van der Waals surface area contributed by atoms with Crippen LogP contribution < -0.4 is 5.32 Å². The van der Waals surface area contributed by atoms with Crippen molar-refractivity contribution in [2.45, 2.75) is 44.3 Å². The number of carbonyl (C=O) groups excluding carboxylic acids is 1. The van der Waals surface area contributed by atoms with E-state index in [0.29, 0.717) is 12.6 Å². The Bertz CT molecular complexity index is 465. The maximum Gasteiger partial charge on any atom is 0.240 e. The van der Waals surface area contributed by atoms with Crippen LogP contribution in [0.25, 0.3) is 0 Å². The number of nitrogens with one attached hydrogen (secondary N) is 1. The van der Waals surface area contributed by atoms with Crippen molar-refractivity contribution < 1.29 is 9.90 Å². The molecule has 0 radical (unpaired) electrons. The van der Waals surface area contributed by atoms with Crippen LogP contribution in [-0.4, -0.2) is 34.5 Å². The minimum atomic E-state index is -0.00194. The predicted octanol–water partition coefficient (Wildman–Crippen LogP) is 1.64. The third-order valence-electron chi connectivity index (χ3n) is 3.89. The van der Waals surface area contributed by atoms with Gasteiger partial charge in [-0.3, -0.25) is 4.79 Å². The van der Waals surface area contributed by atoms with E-state index in [9.17, 15) is 9.90 Å². The molecule has 4 nitrogen and oxygen atoms in total. The lowest BCUT2D eigenvalue weighted by atomic mass is 10.1. The Balaban J connectivity index is 1.72. The number of amides is 1. The number of phenolic OH excluding ortho intramolecular Hbond substituents is 1. The van der Waals surface area contributed by atoms with Crippen LogP contribution in [0.5, 0.6) is 5.75 Å². The molecule has 1 aliphatic heterocycles. The summed E-state index contributed by atoms with van der Waals surface area (Å²) >= 11 is 0. The first-order valence-electron chi connectivity index (χ1n) is 7.06. The van der Waals surface area contributed by atoms with Gasteiger partial charge in [0.05, 0.1) is 6.04 Å². The fourth-order valence-corrected chi connectivity index (χ4v) is 2.72. The maximum atomic E-state index is 12.5. The van der Waals surface area contributed by atoms with Crippen molar-refractivity contribution in [3.63, 3.8) is 0 Å². The second-order valence-electron chi connectivity index (χ2n) is 5.52. The van der Waals surface area contributed by atoms with Crippen LogP contribution >= 0.6 is 0 Å². The molecule has 2 fully saturated rings. The molecule has 1 saturated carbocycles. The van der Waals surface area contributed by atoms with E-state index in [-0.39, 0.29) is 17.7 Å². The van der Waals surface area contributed by atoms with Crippen LogP contribution in [0, 0.1) is 0 Å². The average Bonchev–Trinajstić information content (AvgIpc) is 3.09. The van der Waals surface area contributed by atoms with Crippen molar-refractivity contribution in [3.05, 3.63) is 29.8 Å². The van der Waals surface area contributed by atoms with Gasteiger partial charge in [0.25, 0.3) is 0 Å². The first kappa shape index (κ1) is 12.5. The number of rotatable bonds is 4. The van der Waals surface area contributed by atoms with Crippen LogP contribution in [0.15, 0.2) is 24.3 Å². The highest BCUT2D eigenvalue weighted by Gasteiger charge is 2.36. The molecule has 1 atom stereocenters. The summed E-state index contributed by atoms with van der Waals surface area (Å²) in [6, 6.07) is 7.59. The van der Waals surface area contributed by atoms with Crippen molar-refractivity contribution in [2.24, 2.45) is 0 Å². The summed E-state index contributed by atoms with van der Waals surface area (Å²) in [5.41, 5.74) is 0.998. The summed E-state index contributed by atoms with van der Waals surface area (Å²) in [6.45, 7) is 1.55. The molecule has 0 unspecified atom stereocenters. The summed E-state index contributed by atoms with van der Waals surface area (Å²) in [7, 11) is 0. The van der Waals surface area contributed by atoms with Gasteiger partial charge in [-0.25, -0.2) is 0 Å². The first-order valence-corrected chi connectivity index (χ1v) is 7.06. The van der Waals surface area contributed by atoms with Gasteiger partial charge in [-0.1, -0.05) is 12.1 Å². The smallest absolute Gasteiger partial charge is 0.240 e. The highest BCUT2D eigenvalue weighted by Crippen LogP contribution is 2.30. The zero-order valence-corrected chi connectivity index (χ0v) is 11.0. The molecule has 2 N–H and O–H groups in total. The fourth-order valence-electron chi connectivity index (χ4n) is 2.72. The van der Waals surface area contributed by atoms with Gasteiger partial charge < -0.3 is 15.3 Å². The van der Waals surface area contributed by atoms with E-state index in [1.54, 1.807) is 12.1 Å². The number of aromatic hydroxyl groups is 1. The zero-order valence-electron chi connectivity index (χ0n) is 11.0. The number of hydrogen-bond acceptors (Lipinski definition) is 3. The highest BCUT2D eigenvalue weighted by atomic mass is 16.3. The van der Waals surface area contributed by atoms with Gasteiger partial charge in [0.1, 0.15) is 5.75 Å². The zero-order chi connectivity index (χ0) is 13.2. The summed E-state index contributed by atoms with van der Waals surface area (Å²) in [6.07, 6.45) is 4.25. The van der Waals surface area contributed by atoms with E-state index >= 15 is 0 Å². The Kier molecular flexibility index (Phi) is 3.42. The van der Waals surface area contributed by atoms with Gasteiger partial charge in [-0.05, 0) is 49.9 Å². The van der Waals surface area contributed by atoms with Crippen LogP contribution in [0.4, 0.5) is 0 Å². The molecule has 1 aliphatic carbocycles. The lowest BCUT2D eigenvalue weighted by molar-refractivity contribution is -0.134. The predicted molar refractivity (Wildman–Crippen MR) is 72.7 cm³/mol. The quantitative estimate of drug-likeness (QED) is 0.865. The van der Waals surface area contributed by atoms with Crippen LogP contribution in [0.1, 0.15) is 31.2 Å². The third-order valence-corrected chi connectivity index (χ3v) is 3.89. The molecular weight excluding hydrogens is 240 g/mol. The van der Waals surface area contributed by atoms with Crippen molar-refractivity contribution in [3.8, 4) is 5.75 Å². The Morgan fingerprint density at radius 1 is 1.37 bits per heavy atom. The molecular formula is C15H20N2O2. The molecule has 0 bridgehead atoms. The second kappa shape index (κ2) is 5.21. The van der Waals surface area contributed by atoms with Crippen LogP contribution in [-0.2, 0) is 11.3 Å². The third kappa shape index (κ3) is 2.89. The van der Waals surface area contributed by atoms with Crippen molar-refractivity contribution in [1.82, 2.24) is 10.2 Å². The molecule has 2 aliphatic rings. The van der Waals surface area contributed by atoms with Gasteiger partial charge in [-0.2, -0.15) is 0 Å². The summed E-state index contributed by atoms with van der Waals surface area (Å²) in [5.74, 6) is 0.489. The number of hydrogen-bond donors (Lipinski definition) is 2. The minimum Gasteiger partial charge on any atom is -0.508 e. The number of benzene rings is 1. The van der Waals surface area contributed by atoms with E-state index < -0.39 is 0 Å². The lowest BCUT2D eigenvalue weighted by Gasteiger charge is -2.25. The number of nitrogens with zero attached hydrogens (tertiary/aromatic N) is 1. The van der Waals surface area contributed by atoms with Crippen molar-refractivity contribution in [2.75, 3.05) is 6.54 Å². The Labute approximate surface area is 113 Å². The van der Waals surface area contributed by atoms with E-state index in [1.807, 2.05) is 17.0 Å². The monoisotopic (exact) mass is 260 g/mol. The van der Waals surface area contributed by atoms with Gasteiger partial charge in [0, 0.05) is 12.6 Å². The fraction of sp³-hybridized carbons (Fsp3) is 0.533. The number of carbonyl (C=O) groups is 1. The van der Waals surface area contributed by atoms with Crippen LogP contribution in [0.2, 0.25) is 0 Å². The molecule has 19 heavy (non-hydrogen) atoms. The van der Waals surface area contributed by atoms with Gasteiger partial charge in [-0.15, -0.1) is 0 Å².